The van der Waals surface area contributed by atoms with Crippen molar-refractivity contribution in [3.8, 4) is 66.8 Å². The van der Waals surface area contributed by atoms with Crippen LogP contribution in [0.15, 0.2) is 167 Å². The molecule has 2 heterocycles. The first-order valence-corrected chi connectivity index (χ1v) is 24.4. The molecule has 15 rings (SSSR count). The van der Waals surface area contributed by atoms with Gasteiger partial charge in [-0.25, -0.2) is 0 Å². The van der Waals surface area contributed by atoms with E-state index in [2.05, 4.69) is 213 Å². The Morgan fingerprint density at radius 1 is 0.279 bits per heavy atom. The van der Waals surface area contributed by atoms with Crippen LogP contribution in [-0.2, 0) is 21.7 Å². The standard InChI is InChI=1S/C66H50O2/c1-63(2)47-21-13-9-17-37(47)43-29-35(25-27-49(43)63)41-31-53-59(61-57(41)39-19-11-15-23-55(39)67-61)45-33-52-46(34-51(45)65(53,5)6)60-54(66(52,7)8)32-42(58-40-20-12-16-24-56(40)68-62(58)60)36-26-28-50-44(30-36)38-18-10-14-22-48(38)64(50,3)4/h9-34H,1-8H3. The molecule has 2 aromatic heterocycles. The molecular formula is C66H50O2. The van der Waals surface area contributed by atoms with Crippen molar-refractivity contribution < 1.29 is 8.83 Å². The van der Waals surface area contributed by atoms with Gasteiger partial charge in [0, 0.05) is 54.3 Å². The van der Waals surface area contributed by atoms with E-state index in [9.17, 15) is 0 Å². The molecule has 326 valence electrons. The number of furan rings is 2. The van der Waals surface area contributed by atoms with E-state index in [0.717, 1.165) is 33.1 Å². The van der Waals surface area contributed by atoms with Gasteiger partial charge in [0.1, 0.15) is 22.3 Å². The zero-order valence-corrected chi connectivity index (χ0v) is 39.8. The normalized spacial score (nSPS) is 16.7. The molecule has 0 saturated carbocycles. The van der Waals surface area contributed by atoms with Gasteiger partial charge >= 0.3 is 0 Å². The van der Waals surface area contributed by atoms with Crippen molar-refractivity contribution in [1.29, 1.82) is 0 Å². The molecule has 68 heavy (non-hydrogen) atoms. The lowest BCUT2D eigenvalue weighted by Gasteiger charge is -2.24. The third kappa shape index (κ3) is 4.55. The van der Waals surface area contributed by atoms with Crippen LogP contribution in [0.1, 0.15) is 99.9 Å². The molecule has 0 unspecified atom stereocenters. The average Bonchev–Trinajstić information content (AvgIpc) is 4.13. The molecule has 4 aliphatic rings. The number of hydrogen-bond acceptors (Lipinski definition) is 2. The van der Waals surface area contributed by atoms with E-state index < -0.39 is 0 Å². The van der Waals surface area contributed by atoms with E-state index in [1.807, 2.05) is 0 Å². The van der Waals surface area contributed by atoms with Gasteiger partial charge in [0.25, 0.3) is 0 Å². The van der Waals surface area contributed by atoms with E-state index >= 15 is 0 Å². The second-order valence-corrected chi connectivity index (χ2v) is 22.4. The fourth-order valence-corrected chi connectivity index (χ4v) is 13.9. The van der Waals surface area contributed by atoms with Crippen molar-refractivity contribution in [2.75, 3.05) is 0 Å². The fraction of sp³-hybridized carbons (Fsp3) is 0.182. The highest BCUT2D eigenvalue weighted by Crippen LogP contribution is 2.62. The van der Waals surface area contributed by atoms with Gasteiger partial charge < -0.3 is 8.83 Å². The Morgan fingerprint density at radius 2 is 0.632 bits per heavy atom. The molecule has 0 N–H and O–H groups in total. The Balaban J connectivity index is 0.962. The lowest BCUT2D eigenvalue weighted by Crippen LogP contribution is -2.17. The van der Waals surface area contributed by atoms with E-state index in [4.69, 9.17) is 8.83 Å². The monoisotopic (exact) mass is 874 g/mol. The summed E-state index contributed by atoms with van der Waals surface area (Å²) >= 11 is 0. The van der Waals surface area contributed by atoms with Crippen LogP contribution >= 0.6 is 0 Å². The van der Waals surface area contributed by atoms with Crippen molar-refractivity contribution in [3.05, 3.63) is 202 Å². The molecule has 0 spiro atoms. The molecule has 9 aromatic carbocycles. The molecular weight excluding hydrogens is 825 g/mol. The SMILES string of the molecule is CC1(C)c2ccccc2-c2cc(-c3cc4c(c5oc6ccccc6c35)-c3cc5c(cc3C4(C)C)-c3c(cc(-c4ccc6c(c4)-c4ccccc4C6(C)C)c4c3oc3ccccc34)C5(C)C)ccc21. The van der Waals surface area contributed by atoms with Gasteiger partial charge in [-0.15, -0.1) is 0 Å². The average molecular weight is 875 g/mol. The first-order valence-electron chi connectivity index (χ1n) is 24.4. The van der Waals surface area contributed by atoms with Crippen LogP contribution in [0.25, 0.3) is 111 Å². The number of benzene rings is 9. The summed E-state index contributed by atoms with van der Waals surface area (Å²) in [5, 5.41) is 4.68. The molecule has 0 amide bonds. The minimum atomic E-state index is -0.318. The highest BCUT2D eigenvalue weighted by Gasteiger charge is 2.46. The molecule has 11 aromatic rings. The Labute approximate surface area is 396 Å². The Morgan fingerprint density at radius 3 is 1.07 bits per heavy atom. The maximum Gasteiger partial charge on any atom is 0.144 e. The largest absolute Gasteiger partial charge is 0.455 e. The van der Waals surface area contributed by atoms with Crippen molar-refractivity contribution in [2.45, 2.75) is 77.0 Å². The highest BCUT2D eigenvalue weighted by atomic mass is 16.3. The smallest absolute Gasteiger partial charge is 0.144 e. The second kappa shape index (κ2) is 12.4. The topological polar surface area (TPSA) is 26.3 Å². The summed E-state index contributed by atoms with van der Waals surface area (Å²) in [4.78, 5) is 0. The predicted octanol–water partition coefficient (Wildman–Crippen LogP) is 18.0. The third-order valence-electron chi connectivity index (χ3n) is 17.5. The van der Waals surface area contributed by atoms with Crippen LogP contribution in [-0.4, -0.2) is 0 Å². The summed E-state index contributed by atoms with van der Waals surface area (Å²) in [5.74, 6) is 0. The predicted molar refractivity (Wildman–Crippen MR) is 282 cm³/mol. The summed E-state index contributed by atoms with van der Waals surface area (Å²) in [7, 11) is 0. The quantitative estimate of drug-likeness (QED) is 0.173. The Bertz CT molecular complexity index is 3870. The summed E-state index contributed by atoms with van der Waals surface area (Å²) in [6.45, 7) is 19.1. The van der Waals surface area contributed by atoms with E-state index in [1.165, 1.54) is 122 Å². The zero-order valence-electron chi connectivity index (χ0n) is 39.8. The van der Waals surface area contributed by atoms with Crippen LogP contribution in [0.5, 0.6) is 0 Å². The van der Waals surface area contributed by atoms with Gasteiger partial charge in [-0.1, -0.05) is 165 Å². The first-order chi connectivity index (χ1) is 32.7. The van der Waals surface area contributed by atoms with Crippen LogP contribution in [0.3, 0.4) is 0 Å². The Kier molecular flexibility index (Phi) is 7.03. The van der Waals surface area contributed by atoms with Crippen molar-refractivity contribution in [2.24, 2.45) is 0 Å². The van der Waals surface area contributed by atoms with Crippen LogP contribution in [0.4, 0.5) is 0 Å². The van der Waals surface area contributed by atoms with Gasteiger partial charge in [-0.3, -0.25) is 0 Å². The molecule has 0 fully saturated rings. The van der Waals surface area contributed by atoms with Crippen molar-refractivity contribution in [3.63, 3.8) is 0 Å². The summed E-state index contributed by atoms with van der Waals surface area (Å²) in [5.41, 5.74) is 29.1. The highest BCUT2D eigenvalue weighted by molar-refractivity contribution is 6.20. The Hall–Kier alpha value is -7.42. The van der Waals surface area contributed by atoms with E-state index in [-0.39, 0.29) is 21.7 Å². The maximum absolute atomic E-state index is 7.13. The van der Waals surface area contributed by atoms with Gasteiger partial charge in [0.15, 0.2) is 0 Å². The van der Waals surface area contributed by atoms with Crippen molar-refractivity contribution in [1.82, 2.24) is 0 Å². The van der Waals surface area contributed by atoms with Crippen LogP contribution < -0.4 is 0 Å². The van der Waals surface area contributed by atoms with Crippen molar-refractivity contribution >= 4 is 43.9 Å². The van der Waals surface area contributed by atoms with Gasteiger partial charge in [-0.2, -0.15) is 0 Å². The molecule has 0 radical (unpaired) electrons. The van der Waals surface area contributed by atoms with E-state index in [0.29, 0.717) is 0 Å². The molecule has 0 aliphatic heterocycles. The lowest BCUT2D eigenvalue weighted by molar-refractivity contribution is 0.648. The van der Waals surface area contributed by atoms with Crippen LogP contribution in [0, 0.1) is 0 Å². The molecule has 0 bridgehead atoms. The molecule has 2 heteroatoms. The minimum Gasteiger partial charge on any atom is -0.455 e. The van der Waals surface area contributed by atoms with Gasteiger partial charge in [-0.05, 0) is 149 Å². The second-order valence-electron chi connectivity index (χ2n) is 22.4. The summed E-state index contributed by atoms with van der Waals surface area (Å²) in [6, 6.07) is 59.6. The number of rotatable bonds is 2. The number of para-hydroxylation sites is 2. The number of fused-ring (bicyclic) bond motifs is 20. The number of hydrogen-bond donors (Lipinski definition) is 0. The third-order valence-corrected chi connectivity index (χ3v) is 17.5. The molecule has 0 saturated heterocycles. The van der Waals surface area contributed by atoms with Gasteiger partial charge in [0.2, 0.25) is 0 Å². The molecule has 4 aliphatic carbocycles. The molecule has 0 atom stereocenters. The summed E-state index contributed by atoms with van der Waals surface area (Å²) < 4.78 is 14.3. The fourth-order valence-electron chi connectivity index (χ4n) is 13.9. The zero-order chi connectivity index (χ0) is 46.0. The summed E-state index contributed by atoms with van der Waals surface area (Å²) in [6.07, 6.45) is 0. The first kappa shape index (κ1) is 38.7. The van der Waals surface area contributed by atoms with Crippen LogP contribution in [0.2, 0.25) is 0 Å². The lowest BCUT2D eigenvalue weighted by atomic mass is 9.78. The van der Waals surface area contributed by atoms with E-state index in [1.54, 1.807) is 0 Å². The molecule has 2 nitrogen and oxygen atoms in total. The van der Waals surface area contributed by atoms with Gasteiger partial charge in [0.05, 0.1) is 0 Å². The minimum absolute atomic E-state index is 0.0576. The maximum atomic E-state index is 7.13.